The number of alkyl halides is 7. The number of rotatable bonds is 9. The Morgan fingerprint density at radius 2 is 1.49 bits per heavy atom. The van der Waals surface area contributed by atoms with E-state index in [0.29, 0.717) is 30.3 Å². The summed E-state index contributed by atoms with van der Waals surface area (Å²) in [5.41, 5.74) is -4.69. The predicted octanol–water partition coefficient (Wildman–Crippen LogP) is 6.25. The molecule has 6 nitrogen and oxygen atoms in total. The molecule has 2 N–H and O–H groups in total. The Kier molecular flexibility index (Phi) is 9.09. The van der Waals surface area contributed by atoms with Crippen LogP contribution in [0.5, 0.6) is 5.75 Å². The van der Waals surface area contributed by atoms with Gasteiger partial charge < -0.3 is 20.1 Å². The summed E-state index contributed by atoms with van der Waals surface area (Å²) in [4.78, 5) is 25.3. The van der Waals surface area contributed by atoms with E-state index < -0.39 is 76.9 Å². The highest BCUT2D eigenvalue weighted by atomic mass is 19.4. The molecule has 3 aromatic rings. The van der Waals surface area contributed by atoms with Crippen LogP contribution in [-0.4, -0.2) is 38.2 Å². The van der Waals surface area contributed by atoms with Gasteiger partial charge in [-0.2, -0.15) is 30.7 Å². The second kappa shape index (κ2) is 12.0. The molecule has 15 heteroatoms. The third-order valence-corrected chi connectivity index (χ3v) is 5.67. The minimum atomic E-state index is -5.07. The zero-order chi connectivity index (χ0) is 30.6. The van der Waals surface area contributed by atoms with Crippen LogP contribution in [0.2, 0.25) is 0 Å². The van der Waals surface area contributed by atoms with Gasteiger partial charge in [0, 0.05) is 11.6 Å². The SMILES string of the molecule is COC(=O)NC[C@@](NC(=O)c1cccc(C(F)(F)F)c1)(c1ccc(F)cc1)c1cc(F)cc(OC(F)(F)C(F)F)c1. The molecule has 0 aliphatic heterocycles. The molecule has 0 spiro atoms. The van der Waals surface area contributed by atoms with E-state index in [4.69, 9.17) is 0 Å². The molecule has 0 aromatic heterocycles. The number of hydrogen-bond donors (Lipinski definition) is 2. The average molecular weight is 594 g/mol. The highest BCUT2D eigenvalue weighted by Crippen LogP contribution is 2.36. The Hall–Kier alpha value is -4.43. The summed E-state index contributed by atoms with van der Waals surface area (Å²) in [6, 6.07) is 8.54. The molecular formula is C26H19F9N2O4. The molecule has 0 aliphatic rings. The third-order valence-electron chi connectivity index (χ3n) is 5.67. The van der Waals surface area contributed by atoms with Crippen molar-refractivity contribution in [1.82, 2.24) is 10.6 Å². The number of carbonyl (C=O) groups is 2. The summed E-state index contributed by atoms with van der Waals surface area (Å²) >= 11 is 0. The monoisotopic (exact) mass is 594 g/mol. The Balaban J connectivity index is 2.25. The lowest BCUT2D eigenvalue weighted by atomic mass is 9.81. The topological polar surface area (TPSA) is 76.7 Å². The van der Waals surface area contributed by atoms with E-state index in [1.807, 2.05) is 0 Å². The molecule has 0 unspecified atom stereocenters. The van der Waals surface area contributed by atoms with Gasteiger partial charge in [0.25, 0.3) is 5.91 Å². The smallest absolute Gasteiger partial charge is 0.453 e. The summed E-state index contributed by atoms with van der Waals surface area (Å²) in [5, 5.41) is 4.54. The molecule has 0 radical (unpaired) electrons. The number of nitrogens with one attached hydrogen (secondary N) is 2. The summed E-state index contributed by atoms with van der Waals surface area (Å²) in [7, 11) is 0.955. The molecule has 41 heavy (non-hydrogen) atoms. The lowest BCUT2D eigenvalue weighted by Gasteiger charge is -2.36. The largest absolute Gasteiger partial charge is 0.461 e. The zero-order valence-corrected chi connectivity index (χ0v) is 20.7. The van der Waals surface area contributed by atoms with Crippen LogP contribution >= 0.6 is 0 Å². The molecule has 0 bridgehead atoms. The van der Waals surface area contributed by atoms with Crippen molar-refractivity contribution >= 4 is 12.0 Å². The third kappa shape index (κ3) is 7.41. The Bertz CT molecular complexity index is 1400. The van der Waals surface area contributed by atoms with E-state index in [0.717, 1.165) is 43.5 Å². The molecular weight excluding hydrogens is 575 g/mol. The van der Waals surface area contributed by atoms with Crippen LogP contribution < -0.4 is 15.4 Å². The number of carbonyl (C=O) groups excluding carboxylic acids is 2. The van der Waals surface area contributed by atoms with Gasteiger partial charge in [0.1, 0.15) is 22.9 Å². The number of ether oxygens (including phenoxy) is 2. The van der Waals surface area contributed by atoms with Crippen LogP contribution in [-0.2, 0) is 16.5 Å². The van der Waals surface area contributed by atoms with Gasteiger partial charge >= 0.3 is 24.8 Å². The molecule has 0 saturated heterocycles. The number of benzene rings is 3. The van der Waals surface area contributed by atoms with Crippen molar-refractivity contribution in [3.05, 3.63) is 101 Å². The van der Waals surface area contributed by atoms with E-state index >= 15 is 0 Å². The number of amides is 2. The average Bonchev–Trinajstić information content (AvgIpc) is 2.90. The fourth-order valence-electron chi connectivity index (χ4n) is 3.74. The molecule has 0 saturated carbocycles. The first-order valence-electron chi connectivity index (χ1n) is 11.3. The maximum atomic E-state index is 14.7. The standard InChI is InChI=1S/C26H19F9N2O4/c1-40-23(39)36-13-24(15-5-7-18(27)8-6-15,37-21(38)14-3-2-4-16(9-14)25(31,32)33)17-10-19(28)12-20(11-17)41-26(34,35)22(29)30/h2-12,22H,13H2,1H3,(H,36,39)(H,37,38)/t24-/m1/s1. The summed E-state index contributed by atoms with van der Waals surface area (Å²) in [6.45, 7) is -0.788. The van der Waals surface area contributed by atoms with Gasteiger partial charge in [-0.25, -0.2) is 13.6 Å². The van der Waals surface area contributed by atoms with Crippen molar-refractivity contribution in [2.75, 3.05) is 13.7 Å². The van der Waals surface area contributed by atoms with Crippen LogP contribution in [0.15, 0.2) is 66.7 Å². The fraction of sp³-hybridized carbons (Fsp3) is 0.231. The van der Waals surface area contributed by atoms with E-state index in [2.05, 4.69) is 20.1 Å². The number of alkyl carbamates (subject to hydrolysis) is 1. The first-order chi connectivity index (χ1) is 19.1. The molecule has 1 atom stereocenters. The van der Waals surface area contributed by atoms with Crippen molar-refractivity contribution in [1.29, 1.82) is 0 Å². The Morgan fingerprint density at radius 3 is 2.07 bits per heavy atom. The highest BCUT2D eigenvalue weighted by Gasteiger charge is 2.45. The Morgan fingerprint density at radius 1 is 0.829 bits per heavy atom. The number of hydrogen-bond acceptors (Lipinski definition) is 4. The van der Waals surface area contributed by atoms with Gasteiger partial charge in [0.2, 0.25) is 0 Å². The van der Waals surface area contributed by atoms with Gasteiger partial charge in [-0.15, -0.1) is 0 Å². The fourth-order valence-corrected chi connectivity index (χ4v) is 3.74. The lowest BCUT2D eigenvalue weighted by Crippen LogP contribution is -2.54. The van der Waals surface area contributed by atoms with Crippen LogP contribution in [0.25, 0.3) is 0 Å². The zero-order valence-electron chi connectivity index (χ0n) is 20.7. The summed E-state index contributed by atoms with van der Waals surface area (Å²) in [5.74, 6) is -4.51. The van der Waals surface area contributed by atoms with Crippen LogP contribution in [0.3, 0.4) is 0 Å². The molecule has 0 fully saturated rings. The second-order valence-electron chi connectivity index (χ2n) is 8.43. The Labute approximate surface area is 226 Å². The molecule has 2 amide bonds. The van der Waals surface area contributed by atoms with Crippen LogP contribution in [0.1, 0.15) is 27.0 Å². The van der Waals surface area contributed by atoms with Gasteiger partial charge in [-0.3, -0.25) is 4.79 Å². The van der Waals surface area contributed by atoms with Gasteiger partial charge in [0.15, 0.2) is 0 Å². The molecule has 0 aliphatic carbocycles. The second-order valence-corrected chi connectivity index (χ2v) is 8.43. The minimum Gasteiger partial charge on any atom is -0.453 e. The van der Waals surface area contributed by atoms with Crippen molar-refractivity contribution in [2.45, 2.75) is 24.2 Å². The normalized spacial score (nSPS) is 13.3. The maximum Gasteiger partial charge on any atom is 0.461 e. The first kappa shape index (κ1) is 31.1. The van der Waals surface area contributed by atoms with E-state index in [-0.39, 0.29) is 5.56 Å². The predicted molar refractivity (Wildman–Crippen MR) is 124 cm³/mol. The van der Waals surface area contributed by atoms with Crippen molar-refractivity contribution in [2.24, 2.45) is 0 Å². The van der Waals surface area contributed by atoms with Crippen molar-refractivity contribution in [3.8, 4) is 5.75 Å². The van der Waals surface area contributed by atoms with Gasteiger partial charge in [-0.05, 0) is 53.6 Å². The summed E-state index contributed by atoms with van der Waals surface area (Å²) in [6.07, 6.45) is -15.4. The molecule has 220 valence electrons. The first-order valence-corrected chi connectivity index (χ1v) is 11.3. The number of methoxy groups -OCH3 is 1. The maximum absolute atomic E-state index is 14.7. The molecule has 3 aromatic carbocycles. The van der Waals surface area contributed by atoms with E-state index in [1.54, 1.807) is 0 Å². The van der Waals surface area contributed by atoms with Crippen molar-refractivity contribution < 1.29 is 58.6 Å². The van der Waals surface area contributed by atoms with Crippen LogP contribution in [0.4, 0.5) is 44.3 Å². The van der Waals surface area contributed by atoms with Gasteiger partial charge in [0.05, 0.1) is 19.2 Å². The highest BCUT2D eigenvalue weighted by molar-refractivity contribution is 5.95. The van der Waals surface area contributed by atoms with Gasteiger partial charge in [-0.1, -0.05) is 18.2 Å². The minimum absolute atomic E-state index is 0.146. The number of halogens is 9. The van der Waals surface area contributed by atoms with Crippen LogP contribution in [0, 0.1) is 11.6 Å². The summed E-state index contributed by atoms with van der Waals surface area (Å²) < 4.78 is 130. The quantitative estimate of drug-likeness (QED) is 0.287. The van der Waals surface area contributed by atoms with E-state index in [1.165, 1.54) is 0 Å². The lowest BCUT2D eigenvalue weighted by molar-refractivity contribution is -0.253. The van der Waals surface area contributed by atoms with E-state index in [9.17, 15) is 49.1 Å². The molecule has 3 rings (SSSR count). The molecule has 0 heterocycles. The van der Waals surface area contributed by atoms with Crippen molar-refractivity contribution in [3.63, 3.8) is 0 Å².